The van der Waals surface area contributed by atoms with E-state index in [9.17, 15) is 5.26 Å². The molecule has 1 saturated heterocycles. The van der Waals surface area contributed by atoms with E-state index < -0.39 is 0 Å². The standard InChI is InChI=1S/C17H29N3/c1-19-17(14-18)8-4-5-15(13-17)20-11-9-16(10-12-20)6-2-3-7-16/h15,19H,2-13H2,1H3. The Hall–Kier alpha value is -0.590. The summed E-state index contributed by atoms with van der Waals surface area (Å²) in [6.07, 6.45) is 13.2. The summed E-state index contributed by atoms with van der Waals surface area (Å²) in [5.41, 5.74) is 0.450. The number of hydrogen-bond donors (Lipinski definition) is 1. The molecule has 3 fully saturated rings. The first-order valence-corrected chi connectivity index (χ1v) is 8.55. The molecule has 2 saturated carbocycles. The zero-order chi connectivity index (χ0) is 14.1. The van der Waals surface area contributed by atoms with E-state index in [0.717, 1.165) is 12.8 Å². The Morgan fingerprint density at radius 1 is 1.05 bits per heavy atom. The van der Waals surface area contributed by atoms with Gasteiger partial charge in [0, 0.05) is 6.04 Å². The molecule has 0 bridgehead atoms. The molecule has 2 atom stereocenters. The summed E-state index contributed by atoms with van der Waals surface area (Å²) in [6.45, 7) is 2.55. The van der Waals surface area contributed by atoms with Crippen molar-refractivity contribution in [3.8, 4) is 6.07 Å². The second-order valence-electron chi connectivity index (χ2n) is 7.44. The van der Waals surface area contributed by atoms with Crippen LogP contribution in [-0.2, 0) is 0 Å². The Morgan fingerprint density at radius 3 is 2.35 bits per heavy atom. The molecule has 1 N–H and O–H groups in total. The molecule has 112 valence electrons. The smallest absolute Gasteiger partial charge is 0.108 e. The van der Waals surface area contributed by atoms with E-state index in [2.05, 4.69) is 16.3 Å². The Balaban J connectivity index is 1.59. The maximum absolute atomic E-state index is 9.49. The minimum Gasteiger partial charge on any atom is -0.302 e. The monoisotopic (exact) mass is 275 g/mol. The summed E-state index contributed by atoms with van der Waals surface area (Å²) >= 11 is 0. The summed E-state index contributed by atoms with van der Waals surface area (Å²) in [5.74, 6) is 0. The van der Waals surface area contributed by atoms with Crippen LogP contribution < -0.4 is 5.32 Å². The zero-order valence-electron chi connectivity index (χ0n) is 13.0. The van der Waals surface area contributed by atoms with Crippen LogP contribution in [-0.4, -0.2) is 36.6 Å². The summed E-state index contributed by atoms with van der Waals surface area (Å²) in [4.78, 5) is 2.70. The fourth-order valence-corrected chi connectivity index (χ4v) is 4.93. The fraction of sp³-hybridized carbons (Fsp3) is 0.941. The van der Waals surface area contributed by atoms with Gasteiger partial charge in [0.2, 0.25) is 0 Å². The minimum atomic E-state index is -0.259. The van der Waals surface area contributed by atoms with Crippen molar-refractivity contribution < 1.29 is 0 Å². The van der Waals surface area contributed by atoms with Gasteiger partial charge in [-0.15, -0.1) is 0 Å². The zero-order valence-corrected chi connectivity index (χ0v) is 13.0. The number of nitriles is 1. The first kappa shape index (κ1) is 14.4. The van der Waals surface area contributed by atoms with Gasteiger partial charge in [-0.05, 0) is 76.9 Å². The van der Waals surface area contributed by atoms with Crippen molar-refractivity contribution in [2.45, 2.75) is 75.8 Å². The van der Waals surface area contributed by atoms with Crippen LogP contribution in [0.25, 0.3) is 0 Å². The molecular formula is C17H29N3. The molecule has 0 aromatic carbocycles. The predicted molar refractivity (Wildman–Crippen MR) is 81.4 cm³/mol. The lowest BCUT2D eigenvalue weighted by atomic mass is 9.74. The van der Waals surface area contributed by atoms with Crippen LogP contribution in [0.5, 0.6) is 0 Å². The number of likely N-dealkylation sites (tertiary alicyclic amines) is 1. The largest absolute Gasteiger partial charge is 0.302 e. The Bertz CT molecular complexity index is 370. The molecule has 1 spiro atoms. The molecular weight excluding hydrogens is 246 g/mol. The van der Waals surface area contributed by atoms with Crippen molar-refractivity contribution in [2.75, 3.05) is 20.1 Å². The van der Waals surface area contributed by atoms with E-state index in [1.807, 2.05) is 7.05 Å². The van der Waals surface area contributed by atoms with Gasteiger partial charge in [-0.3, -0.25) is 0 Å². The predicted octanol–water partition coefficient (Wildman–Crippen LogP) is 3.07. The van der Waals surface area contributed by atoms with Crippen molar-refractivity contribution in [1.82, 2.24) is 10.2 Å². The maximum atomic E-state index is 9.49. The second-order valence-corrected chi connectivity index (χ2v) is 7.44. The SMILES string of the molecule is CNC1(C#N)CCCC(N2CCC3(CCCC3)CC2)C1. The molecule has 3 rings (SSSR count). The van der Waals surface area contributed by atoms with Gasteiger partial charge in [0.1, 0.15) is 5.54 Å². The molecule has 3 aliphatic rings. The lowest BCUT2D eigenvalue weighted by Gasteiger charge is -2.46. The van der Waals surface area contributed by atoms with Crippen molar-refractivity contribution in [3.05, 3.63) is 0 Å². The molecule has 1 aliphatic heterocycles. The molecule has 20 heavy (non-hydrogen) atoms. The van der Waals surface area contributed by atoms with E-state index in [0.29, 0.717) is 11.5 Å². The highest BCUT2D eigenvalue weighted by Gasteiger charge is 2.42. The number of rotatable bonds is 2. The van der Waals surface area contributed by atoms with Crippen molar-refractivity contribution in [1.29, 1.82) is 5.26 Å². The third-order valence-electron chi connectivity index (χ3n) is 6.46. The minimum absolute atomic E-state index is 0.259. The summed E-state index contributed by atoms with van der Waals surface area (Å²) < 4.78 is 0. The van der Waals surface area contributed by atoms with Crippen LogP contribution in [0.4, 0.5) is 0 Å². The van der Waals surface area contributed by atoms with Crippen LogP contribution in [0.2, 0.25) is 0 Å². The van der Waals surface area contributed by atoms with Crippen LogP contribution in [0.15, 0.2) is 0 Å². The molecule has 0 amide bonds. The third-order valence-corrected chi connectivity index (χ3v) is 6.46. The third kappa shape index (κ3) is 2.61. The number of piperidine rings is 1. The molecule has 2 unspecified atom stereocenters. The topological polar surface area (TPSA) is 39.1 Å². The van der Waals surface area contributed by atoms with Crippen LogP contribution in [0.3, 0.4) is 0 Å². The molecule has 0 aromatic rings. The van der Waals surface area contributed by atoms with Gasteiger partial charge < -0.3 is 10.2 Å². The van der Waals surface area contributed by atoms with Crippen molar-refractivity contribution in [2.24, 2.45) is 5.41 Å². The number of hydrogen-bond acceptors (Lipinski definition) is 3. The van der Waals surface area contributed by atoms with Gasteiger partial charge in [0.15, 0.2) is 0 Å². The van der Waals surface area contributed by atoms with Crippen molar-refractivity contribution >= 4 is 0 Å². The summed E-state index contributed by atoms with van der Waals surface area (Å²) in [5, 5.41) is 12.8. The summed E-state index contributed by atoms with van der Waals surface area (Å²) in [7, 11) is 1.95. The average molecular weight is 275 g/mol. The van der Waals surface area contributed by atoms with Gasteiger partial charge >= 0.3 is 0 Å². The molecule has 3 nitrogen and oxygen atoms in total. The second kappa shape index (κ2) is 5.66. The van der Waals surface area contributed by atoms with Crippen molar-refractivity contribution in [3.63, 3.8) is 0 Å². The number of nitrogens with zero attached hydrogens (tertiary/aromatic N) is 2. The van der Waals surface area contributed by atoms with E-state index in [1.54, 1.807) is 0 Å². The van der Waals surface area contributed by atoms with Gasteiger partial charge in [-0.1, -0.05) is 12.8 Å². The molecule has 0 radical (unpaired) electrons. The Labute approximate surface area is 123 Å². The highest BCUT2D eigenvalue weighted by Crippen LogP contribution is 2.47. The normalized spacial score (nSPS) is 37.9. The molecule has 0 aromatic heterocycles. The first-order chi connectivity index (χ1) is 9.71. The van der Waals surface area contributed by atoms with Crippen LogP contribution >= 0.6 is 0 Å². The van der Waals surface area contributed by atoms with Gasteiger partial charge in [0.05, 0.1) is 6.07 Å². The lowest BCUT2D eigenvalue weighted by Crippen LogP contribution is -2.53. The number of nitrogens with one attached hydrogen (secondary N) is 1. The van der Waals surface area contributed by atoms with E-state index in [4.69, 9.17) is 0 Å². The van der Waals surface area contributed by atoms with E-state index >= 15 is 0 Å². The van der Waals surface area contributed by atoms with E-state index in [1.165, 1.54) is 64.5 Å². The first-order valence-electron chi connectivity index (χ1n) is 8.55. The quantitative estimate of drug-likeness (QED) is 0.842. The van der Waals surface area contributed by atoms with E-state index in [-0.39, 0.29) is 5.54 Å². The van der Waals surface area contributed by atoms with Crippen LogP contribution in [0.1, 0.15) is 64.2 Å². The molecule has 1 heterocycles. The van der Waals surface area contributed by atoms with Crippen LogP contribution in [0, 0.1) is 16.7 Å². The highest BCUT2D eigenvalue weighted by molar-refractivity contribution is 5.11. The van der Waals surface area contributed by atoms with Gasteiger partial charge in [-0.25, -0.2) is 0 Å². The Kier molecular flexibility index (Phi) is 4.06. The lowest BCUT2D eigenvalue weighted by molar-refractivity contribution is 0.0489. The summed E-state index contributed by atoms with van der Waals surface area (Å²) in [6, 6.07) is 3.18. The maximum Gasteiger partial charge on any atom is 0.108 e. The molecule has 2 aliphatic carbocycles. The van der Waals surface area contributed by atoms with Gasteiger partial charge in [0.25, 0.3) is 0 Å². The van der Waals surface area contributed by atoms with Gasteiger partial charge in [-0.2, -0.15) is 5.26 Å². The fourth-order valence-electron chi connectivity index (χ4n) is 4.93. The Morgan fingerprint density at radius 2 is 1.75 bits per heavy atom. The highest BCUT2D eigenvalue weighted by atomic mass is 15.2. The molecule has 3 heteroatoms. The average Bonchev–Trinajstić information content (AvgIpc) is 2.96.